The molecule has 72 heavy (non-hydrogen) atoms. The quantitative estimate of drug-likeness (QED) is 0.127. The Morgan fingerprint density at radius 1 is 0.306 bits per heavy atom. The van der Waals surface area contributed by atoms with Gasteiger partial charge in [-0.2, -0.15) is 0 Å². The molecule has 9 aromatic carbocycles. The van der Waals surface area contributed by atoms with E-state index in [-0.39, 0.29) is 11.8 Å². The van der Waals surface area contributed by atoms with Crippen molar-refractivity contribution < 1.29 is 0 Å². The summed E-state index contributed by atoms with van der Waals surface area (Å²) in [7, 11) is 0. The van der Waals surface area contributed by atoms with Crippen LogP contribution >= 0.6 is 0 Å². The van der Waals surface area contributed by atoms with Crippen molar-refractivity contribution in [3.05, 3.63) is 301 Å². The Morgan fingerprint density at radius 3 is 0.917 bits per heavy atom. The molecule has 11 aromatic rings. The summed E-state index contributed by atoms with van der Waals surface area (Å²) in [6, 6.07) is 84.3. The molecule has 0 atom stereocenters. The third-order valence-electron chi connectivity index (χ3n) is 15.0. The number of para-hydroxylation sites is 4. The zero-order valence-corrected chi connectivity index (χ0v) is 40.5. The van der Waals surface area contributed by atoms with Gasteiger partial charge < -0.3 is 18.9 Å². The van der Waals surface area contributed by atoms with E-state index in [0.29, 0.717) is 0 Å². The third kappa shape index (κ3) is 7.05. The van der Waals surface area contributed by atoms with Crippen LogP contribution in [0.4, 0.5) is 22.7 Å². The molecule has 0 bridgehead atoms. The van der Waals surface area contributed by atoms with Crippen LogP contribution in [0.3, 0.4) is 0 Å². The average Bonchev–Trinajstić information content (AvgIpc) is 3.93. The minimum Gasteiger partial charge on any atom is -0.311 e. The first-order valence-electron chi connectivity index (χ1n) is 25.2. The fourth-order valence-electron chi connectivity index (χ4n) is 11.8. The van der Waals surface area contributed by atoms with E-state index in [1.165, 1.54) is 43.8 Å². The maximum absolute atomic E-state index is 2.62. The predicted octanol–water partition coefficient (Wildman–Crippen LogP) is 17.3. The van der Waals surface area contributed by atoms with Crippen LogP contribution in [-0.4, -0.2) is 9.13 Å². The average molecular weight is 927 g/mol. The van der Waals surface area contributed by atoms with Crippen LogP contribution in [0.25, 0.3) is 43.6 Å². The van der Waals surface area contributed by atoms with E-state index in [1.807, 2.05) is 0 Å². The number of rotatable bonds is 10. The molecule has 0 amide bonds. The Labute approximate surface area is 421 Å². The third-order valence-corrected chi connectivity index (χ3v) is 15.0. The normalized spacial score (nSPS) is 19.4. The molecule has 0 fully saturated rings. The molecule has 346 valence electrons. The van der Waals surface area contributed by atoms with Crippen LogP contribution in [0, 0.1) is 13.8 Å². The van der Waals surface area contributed by atoms with Crippen LogP contribution in [0.1, 0.15) is 34.1 Å². The van der Waals surface area contributed by atoms with Crippen molar-refractivity contribution in [1.29, 1.82) is 0 Å². The Hall–Kier alpha value is -8.86. The number of anilines is 4. The van der Waals surface area contributed by atoms with E-state index in [0.717, 1.165) is 44.8 Å². The number of hydrogen-bond acceptors (Lipinski definition) is 2. The number of allylic oxidation sites excluding steroid dienone is 4. The summed E-state index contributed by atoms with van der Waals surface area (Å²) in [6.07, 6.45) is 19.5. The second-order valence-corrected chi connectivity index (χ2v) is 19.5. The van der Waals surface area contributed by atoms with E-state index in [9.17, 15) is 0 Å². The maximum Gasteiger partial charge on any atom is 0.160 e. The van der Waals surface area contributed by atoms with Crippen molar-refractivity contribution in [1.82, 2.24) is 9.13 Å². The standard InChI is InChI=1S/C68H54N4/c1-49-33-35-63-59(45-49)61-47-62-60-46-50(2)34-36-64(60)72(68(43-39-54(40-44-68)52-23-11-4-12-24-52)70(57-29-17-7-18-30-57)58-31-19-8-20-32-58)66(62)48-65(61)71(63)67(41-37-53(38-42-67)51-21-9-3-10-22-51)69(55-25-13-5-14-26-55)56-27-15-6-16-28-56/h3-48,53-54H,1-2H3. The maximum atomic E-state index is 2.62. The van der Waals surface area contributed by atoms with Crippen molar-refractivity contribution >= 4 is 66.4 Å². The molecule has 0 saturated heterocycles. The van der Waals surface area contributed by atoms with Crippen molar-refractivity contribution in [3.63, 3.8) is 0 Å². The van der Waals surface area contributed by atoms with Gasteiger partial charge in [-0.1, -0.05) is 181 Å². The van der Waals surface area contributed by atoms with E-state index in [1.54, 1.807) is 0 Å². The molecule has 2 heterocycles. The van der Waals surface area contributed by atoms with Gasteiger partial charge in [-0.05, 0) is 134 Å². The fraction of sp³-hybridized carbons (Fsp3) is 0.0882. The minimum absolute atomic E-state index is 0.104. The van der Waals surface area contributed by atoms with Crippen molar-refractivity contribution in [2.24, 2.45) is 0 Å². The highest BCUT2D eigenvalue weighted by atomic mass is 15.4. The largest absolute Gasteiger partial charge is 0.311 e. The molecular formula is C68H54N4. The number of fused-ring (bicyclic) bond motifs is 6. The van der Waals surface area contributed by atoms with Gasteiger partial charge in [0.25, 0.3) is 0 Å². The van der Waals surface area contributed by atoms with Gasteiger partial charge in [-0.3, -0.25) is 0 Å². The molecule has 0 unspecified atom stereocenters. The van der Waals surface area contributed by atoms with E-state index in [4.69, 9.17) is 0 Å². The molecule has 2 aliphatic rings. The molecule has 4 heteroatoms. The minimum atomic E-state index is -0.838. The molecule has 0 saturated carbocycles. The number of aryl methyl sites for hydroxylation is 2. The van der Waals surface area contributed by atoms with Gasteiger partial charge in [0.15, 0.2) is 11.3 Å². The fourth-order valence-corrected chi connectivity index (χ4v) is 11.8. The van der Waals surface area contributed by atoms with Crippen molar-refractivity contribution in [2.45, 2.75) is 37.0 Å². The lowest BCUT2D eigenvalue weighted by Gasteiger charge is -2.46. The topological polar surface area (TPSA) is 16.3 Å². The Balaban J connectivity index is 1.16. The number of aromatic nitrogens is 2. The molecular weight excluding hydrogens is 873 g/mol. The van der Waals surface area contributed by atoms with Gasteiger partial charge in [0.05, 0.1) is 22.1 Å². The van der Waals surface area contributed by atoms with E-state index < -0.39 is 11.3 Å². The summed E-state index contributed by atoms with van der Waals surface area (Å²) in [4.78, 5) is 5.04. The number of hydrogen-bond donors (Lipinski definition) is 0. The van der Waals surface area contributed by atoms with Gasteiger partial charge in [0.1, 0.15) is 0 Å². The van der Waals surface area contributed by atoms with E-state index in [2.05, 4.69) is 312 Å². The van der Waals surface area contributed by atoms with Crippen LogP contribution in [0.5, 0.6) is 0 Å². The van der Waals surface area contributed by atoms with Gasteiger partial charge >= 0.3 is 0 Å². The summed E-state index contributed by atoms with van der Waals surface area (Å²) in [6.45, 7) is 4.43. The zero-order valence-electron chi connectivity index (χ0n) is 40.5. The summed E-state index contributed by atoms with van der Waals surface area (Å²) in [5.41, 5.74) is 12.3. The number of nitrogens with zero attached hydrogens (tertiary/aromatic N) is 4. The molecule has 0 aliphatic heterocycles. The predicted molar refractivity (Wildman–Crippen MR) is 303 cm³/mol. The summed E-state index contributed by atoms with van der Waals surface area (Å²) >= 11 is 0. The summed E-state index contributed by atoms with van der Waals surface area (Å²) in [5, 5.41) is 4.87. The SMILES string of the molecule is Cc1ccc2c(c1)c1cc3c4cc(C)ccc4n(C4(N(c5ccccc5)c5ccccc5)C=CC(c5ccccc5)C=C4)c3cc1n2C1(N(c2ccccc2)c2ccccc2)C=CC(c2ccccc2)C=C1. The van der Waals surface area contributed by atoms with Gasteiger partial charge in [-0.15, -0.1) is 0 Å². The molecule has 2 aliphatic carbocycles. The first-order valence-corrected chi connectivity index (χ1v) is 25.2. The Morgan fingerprint density at radius 2 is 0.597 bits per heavy atom. The lowest BCUT2D eigenvalue weighted by atomic mass is 9.88. The molecule has 13 rings (SSSR count). The monoisotopic (exact) mass is 926 g/mol. The number of benzene rings is 9. The lowest BCUT2D eigenvalue weighted by Crippen LogP contribution is -2.47. The summed E-state index contributed by atoms with van der Waals surface area (Å²) < 4.78 is 5.24. The zero-order chi connectivity index (χ0) is 48.2. The van der Waals surface area contributed by atoms with Gasteiger partial charge in [0.2, 0.25) is 0 Å². The molecule has 2 aromatic heterocycles. The Kier molecular flexibility index (Phi) is 10.5. The van der Waals surface area contributed by atoms with Gasteiger partial charge in [0, 0.05) is 56.1 Å². The highest BCUT2D eigenvalue weighted by Crippen LogP contribution is 2.50. The first kappa shape index (κ1) is 43.2. The van der Waals surface area contributed by atoms with Crippen LogP contribution in [0.15, 0.2) is 279 Å². The molecule has 0 radical (unpaired) electrons. The Bertz CT molecular complexity index is 3520. The highest BCUT2D eigenvalue weighted by Gasteiger charge is 2.43. The van der Waals surface area contributed by atoms with Crippen LogP contribution in [0.2, 0.25) is 0 Å². The van der Waals surface area contributed by atoms with Crippen molar-refractivity contribution in [2.75, 3.05) is 9.80 Å². The van der Waals surface area contributed by atoms with Crippen LogP contribution in [-0.2, 0) is 11.3 Å². The molecule has 0 N–H and O–H groups in total. The second kappa shape index (κ2) is 17.5. The lowest BCUT2D eigenvalue weighted by molar-refractivity contribution is 0.492. The van der Waals surface area contributed by atoms with Gasteiger partial charge in [-0.25, -0.2) is 0 Å². The molecule has 4 nitrogen and oxygen atoms in total. The summed E-state index contributed by atoms with van der Waals surface area (Å²) in [5.74, 6) is 0.207. The first-order chi connectivity index (χ1) is 35.5. The second-order valence-electron chi connectivity index (χ2n) is 19.5. The van der Waals surface area contributed by atoms with Crippen LogP contribution < -0.4 is 9.80 Å². The smallest absolute Gasteiger partial charge is 0.160 e. The molecule has 0 spiro atoms. The van der Waals surface area contributed by atoms with Crippen molar-refractivity contribution in [3.8, 4) is 0 Å². The van der Waals surface area contributed by atoms with E-state index >= 15 is 0 Å². The highest BCUT2D eigenvalue weighted by molar-refractivity contribution is 6.19.